The second-order valence-electron chi connectivity index (χ2n) is 17.7. The number of unbranched alkanes of at least 4 members (excludes halogenated alkanes) is 2. The number of methoxy groups -OCH3 is 1. The van der Waals surface area contributed by atoms with E-state index in [1.54, 1.807) is 35.4 Å². The average Bonchev–Trinajstić information content (AvgIpc) is 3.99. The molecule has 0 saturated heterocycles. The Kier molecular flexibility index (Phi) is 14.4. The van der Waals surface area contributed by atoms with Crippen molar-refractivity contribution in [2.45, 2.75) is 90.6 Å². The highest BCUT2D eigenvalue weighted by molar-refractivity contribution is 6.13. The predicted molar refractivity (Wildman–Crippen MR) is 253 cm³/mol. The molecule has 8 rings (SSSR count). The first kappa shape index (κ1) is 47.9. The summed E-state index contributed by atoms with van der Waals surface area (Å²) in [4.78, 5) is 99.4. The minimum atomic E-state index is -1.48. The number of amides is 6. The van der Waals surface area contributed by atoms with Crippen LogP contribution in [0.5, 0.6) is 17.2 Å². The molecular formula is C51H56N6O12. The number of ketones is 1. The van der Waals surface area contributed by atoms with Crippen molar-refractivity contribution in [3.8, 4) is 17.2 Å². The van der Waals surface area contributed by atoms with Crippen LogP contribution in [0.2, 0.25) is 0 Å². The number of aliphatic hydroxyl groups is 1. The van der Waals surface area contributed by atoms with Crippen molar-refractivity contribution in [1.82, 2.24) is 20.0 Å². The molecule has 362 valence electrons. The van der Waals surface area contributed by atoms with E-state index >= 15 is 0 Å². The van der Waals surface area contributed by atoms with Crippen LogP contribution in [0.25, 0.3) is 0 Å². The number of nitrogens with zero attached hydrogens (tertiary/aromatic N) is 5. The highest BCUT2D eigenvalue weighted by Gasteiger charge is 2.45. The molecule has 6 amide bonds. The SMILES string of the molecule is COc1cc2c(cc1OCCCCCOc1cc3c(cc1C)C(=O)N1C=C(C)C[C@H]1C=N3)N(C(=O)OCc1ccc(CC(=O)CNC(=O)CCN3C(=O)C=CC3=O)cc1)[C@@H](O)[C@@H]1CC(C)=CN1C2=O.[HH]. The molecule has 0 radical (unpaired) electrons. The summed E-state index contributed by atoms with van der Waals surface area (Å²) in [6, 6.07) is 12.6. The lowest BCUT2D eigenvalue weighted by molar-refractivity contribution is -0.137. The van der Waals surface area contributed by atoms with Crippen molar-refractivity contribution >= 4 is 59.0 Å². The number of aryl methyl sites for hydroxylation is 1. The molecule has 0 aliphatic carbocycles. The van der Waals surface area contributed by atoms with E-state index < -0.39 is 42.0 Å². The number of imide groups is 1. The normalized spacial score (nSPS) is 19.1. The summed E-state index contributed by atoms with van der Waals surface area (Å²) in [7, 11) is 1.45. The van der Waals surface area contributed by atoms with E-state index in [1.807, 2.05) is 45.3 Å². The van der Waals surface area contributed by atoms with Gasteiger partial charge in [0, 0.05) is 63.7 Å². The fourth-order valence-electron chi connectivity index (χ4n) is 8.84. The van der Waals surface area contributed by atoms with Crippen LogP contribution >= 0.6 is 0 Å². The van der Waals surface area contributed by atoms with E-state index in [0.29, 0.717) is 54.0 Å². The van der Waals surface area contributed by atoms with Crippen molar-refractivity contribution in [1.29, 1.82) is 0 Å². The quantitative estimate of drug-likeness (QED) is 0.114. The molecule has 0 aromatic heterocycles. The van der Waals surface area contributed by atoms with Gasteiger partial charge in [0.1, 0.15) is 12.4 Å². The average molecular weight is 945 g/mol. The van der Waals surface area contributed by atoms with Gasteiger partial charge in [-0.25, -0.2) is 9.69 Å². The maximum atomic E-state index is 14.0. The minimum Gasteiger partial charge on any atom is -0.493 e. The van der Waals surface area contributed by atoms with Gasteiger partial charge in [-0.1, -0.05) is 35.4 Å². The third kappa shape index (κ3) is 10.6. The molecule has 0 unspecified atom stereocenters. The third-order valence-corrected chi connectivity index (χ3v) is 12.5. The number of aliphatic imine (C=N–C) groups is 1. The summed E-state index contributed by atoms with van der Waals surface area (Å²) in [5.74, 6) is -1.03. The van der Waals surface area contributed by atoms with Gasteiger partial charge in [0.05, 0.1) is 61.5 Å². The van der Waals surface area contributed by atoms with Crippen LogP contribution in [0.1, 0.15) is 91.2 Å². The Morgan fingerprint density at radius 2 is 1.46 bits per heavy atom. The fraction of sp³-hybridized carbons (Fsp3) is 0.373. The molecule has 3 atom stereocenters. The van der Waals surface area contributed by atoms with Crippen LogP contribution in [-0.2, 0) is 36.9 Å². The molecule has 2 N–H and O–H groups in total. The molecule has 0 bridgehead atoms. The lowest BCUT2D eigenvalue weighted by atomic mass is 10.1. The Morgan fingerprint density at radius 1 is 0.797 bits per heavy atom. The Hall–Kier alpha value is -7.60. The van der Waals surface area contributed by atoms with Gasteiger partial charge >= 0.3 is 6.09 Å². The van der Waals surface area contributed by atoms with Gasteiger partial charge in [-0.05, 0) is 81.7 Å². The van der Waals surface area contributed by atoms with Crippen molar-refractivity contribution in [2.75, 3.05) is 38.3 Å². The van der Waals surface area contributed by atoms with Gasteiger partial charge in [0.15, 0.2) is 23.5 Å². The lowest BCUT2D eigenvalue weighted by Crippen LogP contribution is -2.50. The lowest BCUT2D eigenvalue weighted by Gasteiger charge is -2.31. The number of fused-ring (bicyclic) bond motifs is 4. The predicted octanol–water partition coefficient (Wildman–Crippen LogP) is 5.85. The second-order valence-corrected chi connectivity index (χ2v) is 17.7. The molecule has 69 heavy (non-hydrogen) atoms. The Balaban J connectivity index is 0.00000722. The van der Waals surface area contributed by atoms with Crippen LogP contribution in [0.15, 0.2) is 89.2 Å². The van der Waals surface area contributed by atoms with E-state index in [-0.39, 0.29) is 81.1 Å². The van der Waals surface area contributed by atoms with Crippen molar-refractivity contribution in [2.24, 2.45) is 4.99 Å². The Labute approximate surface area is 400 Å². The Morgan fingerprint density at radius 3 is 2.19 bits per heavy atom. The summed E-state index contributed by atoms with van der Waals surface area (Å²) in [6.45, 7) is 5.94. The van der Waals surface area contributed by atoms with Crippen LogP contribution < -0.4 is 24.4 Å². The van der Waals surface area contributed by atoms with Crippen LogP contribution in [0.3, 0.4) is 0 Å². The summed E-state index contributed by atoms with van der Waals surface area (Å²) in [5.41, 5.74) is 5.39. The molecule has 3 aromatic rings. The molecule has 0 spiro atoms. The molecule has 18 nitrogen and oxygen atoms in total. The zero-order valence-corrected chi connectivity index (χ0v) is 38.9. The highest BCUT2D eigenvalue weighted by Crippen LogP contribution is 2.42. The topological polar surface area (TPSA) is 214 Å². The van der Waals surface area contributed by atoms with Crippen molar-refractivity contribution in [3.05, 3.63) is 112 Å². The number of benzene rings is 3. The van der Waals surface area contributed by atoms with E-state index in [9.17, 15) is 38.7 Å². The first-order valence-corrected chi connectivity index (χ1v) is 22.9. The monoisotopic (exact) mass is 944 g/mol. The maximum absolute atomic E-state index is 14.0. The van der Waals surface area contributed by atoms with Crippen molar-refractivity contribution < 1.29 is 59.0 Å². The van der Waals surface area contributed by atoms with Gasteiger partial charge < -0.3 is 39.2 Å². The smallest absolute Gasteiger partial charge is 0.416 e. The number of carbonyl (C=O) groups is 7. The van der Waals surface area contributed by atoms with Gasteiger partial charge in [0.2, 0.25) is 5.91 Å². The number of Topliss-reactive ketones (excluding diaryl/α,β-unsaturated/α-hetero) is 1. The molecule has 18 heteroatoms. The van der Waals surface area contributed by atoms with Crippen LogP contribution in [0, 0.1) is 6.92 Å². The van der Waals surface area contributed by atoms with Crippen LogP contribution in [0.4, 0.5) is 16.2 Å². The summed E-state index contributed by atoms with van der Waals surface area (Å²) in [6.07, 6.45) is 8.33. The highest BCUT2D eigenvalue weighted by atomic mass is 16.6. The van der Waals surface area contributed by atoms with Gasteiger partial charge in [-0.2, -0.15) is 0 Å². The molecule has 5 aliphatic rings. The molecule has 0 saturated carbocycles. The minimum absolute atomic E-state index is 0. The number of carbonyl (C=O) groups excluding carboxylic acids is 7. The largest absolute Gasteiger partial charge is 0.493 e. The van der Waals surface area contributed by atoms with E-state index in [4.69, 9.17) is 18.9 Å². The zero-order valence-electron chi connectivity index (χ0n) is 38.9. The molecule has 5 aliphatic heterocycles. The van der Waals surface area contributed by atoms with E-state index in [1.165, 1.54) is 24.1 Å². The number of aliphatic hydroxyl groups excluding tert-OH is 1. The summed E-state index contributed by atoms with van der Waals surface area (Å²) in [5, 5.41) is 14.3. The van der Waals surface area contributed by atoms with Crippen LogP contribution in [-0.4, -0.2) is 119 Å². The molecule has 5 heterocycles. The van der Waals surface area contributed by atoms with Crippen molar-refractivity contribution in [3.63, 3.8) is 0 Å². The third-order valence-electron chi connectivity index (χ3n) is 12.5. The molecule has 3 aromatic carbocycles. The number of ether oxygens (including phenoxy) is 4. The number of nitrogens with one attached hydrogen (secondary N) is 1. The van der Waals surface area contributed by atoms with Gasteiger partial charge in [0.25, 0.3) is 23.6 Å². The fourth-order valence-corrected chi connectivity index (χ4v) is 8.84. The number of hydrogen-bond donors (Lipinski definition) is 2. The summed E-state index contributed by atoms with van der Waals surface area (Å²) >= 11 is 0. The van der Waals surface area contributed by atoms with E-state index in [0.717, 1.165) is 51.5 Å². The molecule has 0 fully saturated rings. The van der Waals surface area contributed by atoms with E-state index in [2.05, 4.69) is 10.3 Å². The second kappa shape index (κ2) is 20.7. The number of anilines is 1. The zero-order chi connectivity index (χ0) is 48.9. The first-order valence-electron chi connectivity index (χ1n) is 22.9. The first-order chi connectivity index (χ1) is 33.2. The molecular weight excluding hydrogens is 889 g/mol. The number of hydrogen-bond acceptors (Lipinski definition) is 13. The van der Waals surface area contributed by atoms with Gasteiger partial charge in [-0.15, -0.1) is 0 Å². The van der Waals surface area contributed by atoms with Gasteiger partial charge in [-0.3, -0.25) is 38.7 Å². The number of rotatable bonds is 18. The standard InChI is InChI=1S/C51H54N6O12.H2/c1-30-18-35-25-52-39-23-42(32(3)20-37(39)48(62)55(35)27-30)67-16-6-5-7-17-68-44-24-40-38(22-43(44)66-4)49(63)56-28-31(2)19-41(56)50(64)57(40)51(65)69-29-34-10-8-33(9-11-34)21-36(58)26-53-45(59)14-15-54-46(60)12-13-47(54)61;/h8-13,20,22-25,27-28,35,41,50,64H,5-7,14-19,21,26,29H2,1-4H3,(H,53,59);1H/t35-,41-,50-;/m0./s1. The maximum Gasteiger partial charge on any atom is 0.416 e. The Bertz CT molecular complexity index is 2700. The summed E-state index contributed by atoms with van der Waals surface area (Å²) < 4.78 is 23.7.